The van der Waals surface area contributed by atoms with Crippen molar-refractivity contribution >= 4 is 40.6 Å². The largest absolute Gasteiger partial charge is 0.503 e. The minimum Gasteiger partial charge on any atom is -0.503 e. The summed E-state index contributed by atoms with van der Waals surface area (Å²) in [6.07, 6.45) is 4.03. The van der Waals surface area contributed by atoms with Gasteiger partial charge in [0.1, 0.15) is 0 Å². The number of aromatic hydroxyl groups is 1. The molecule has 1 saturated carbocycles. The van der Waals surface area contributed by atoms with Crippen LogP contribution >= 0.6 is 11.6 Å². The summed E-state index contributed by atoms with van der Waals surface area (Å²) >= 11 is 6.61. The molecular weight excluding hydrogens is 614 g/mol. The van der Waals surface area contributed by atoms with Crippen LogP contribution in [0.15, 0.2) is 90.5 Å². The van der Waals surface area contributed by atoms with Crippen LogP contribution in [0.2, 0.25) is 5.02 Å². The van der Waals surface area contributed by atoms with Crippen LogP contribution in [0.1, 0.15) is 56.2 Å². The second-order valence-corrected chi connectivity index (χ2v) is 14.4. The van der Waals surface area contributed by atoms with Crippen LogP contribution in [0.5, 0.6) is 11.5 Å². The molecule has 3 aliphatic carbocycles. The van der Waals surface area contributed by atoms with Crippen molar-refractivity contribution in [2.75, 3.05) is 7.11 Å². The maximum absolute atomic E-state index is 15.1. The van der Waals surface area contributed by atoms with Crippen molar-refractivity contribution in [2.45, 2.75) is 50.5 Å². The van der Waals surface area contributed by atoms with Gasteiger partial charge in [-0.1, -0.05) is 83.9 Å². The molecule has 2 amide bonds. The van der Waals surface area contributed by atoms with Gasteiger partial charge >= 0.3 is 0 Å². The van der Waals surface area contributed by atoms with E-state index < -0.39 is 40.5 Å². The Bertz CT molecular complexity index is 1890. The van der Waals surface area contributed by atoms with Gasteiger partial charge in [-0.3, -0.25) is 24.1 Å². The number of amides is 2. The highest BCUT2D eigenvalue weighted by atomic mass is 35.5. The van der Waals surface area contributed by atoms with Gasteiger partial charge in [0.15, 0.2) is 23.1 Å². The van der Waals surface area contributed by atoms with E-state index in [2.05, 4.69) is 0 Å². The predicted octanol–water partition coefficient (Wildman–Crippen LogP) is 6.68. The molecule has 6 atom stereocenters. The third-order valence-corrected chi connectivity index (χ3v) is 10.9. The molecule has 0 spiro atoms. The standard InChI is InChI=1S/C39H36ClNO6/c1-38(2,3)41-36(45)25-16-15-24-27(32(25)37(41)46)19-28-34(43)26(21-11-7-5-8-12-21)20-31(42)39(28,23-13-9-6-10-14-23)33(24)22-17-29(40)35(44)30(18-22)47-4/h5-15,17-18,20,25,27-28,32-33,44H,16,19H2,1-4H3/t25-,27+,28-,32-,33-,39-/m0/s1. The molecule has 0 aromatic heterocycles. The fraction of sp³-hybridized carbons (Fsp3) is 0.333. The summed E-state index contributed by atoms with van der Waals surface area (Å²) in [4.78, 5) is 59.5. The Hall–Kier alpha value is -4.49. The first-order chi connectivity index (χ1) is 22.4. The third-order valence-electron chi connectivity index (χ3n) is 10.6. The Morgan fingerprint density at radius 2 is 1.57 bits per heavy atom. The van der Waals surface area contributed by atoms with Gasteiger partial charge in [-0.05, 0) is 74.4 Å². The molecule has 47 heavy (non-hydrogen) atoms. The van der Waals surface area contributed by atoms with Crippen molar-refractivity contribution < 1.29 is 29.0 Å². The summed E-state index contributed by atoms with van der Waals surface area (Å²) in [5, 5.41) is 10.8. The molecule has 4 aliphatic rings. The van der Waals surface area contributed by atoms with Gasteiger partial charge in [-0.15, -0.1) is 0 Å². The minimum atomic E-state index is -1.40. The summed E-state index contributed by atoms with van der Waals surface area (Å²) in [5.74, 6) is -4.32. The fourth-order valence-electron chi connectivity index (χ4n) is 8.83. The predicted molar refractivity (Wildman–Crippen MR) is 178 cm³/mol. The van der Waals surface area contributed by atoms with E-state index in [4.69, 9.17) is 16.3 Å². The molecule has 3 aromatic carbocycles. The number of carbonyl (C=O) groups is 4. The number of imide groups is 1. The highest BCUT2D eigenvalue weighted by Gasteiger charge is 2.66. The molecule has 1 saturated heterocycles. The number of halogens is 1. The molecule has 240 valence electrons. The molecule has 1 N–H and O–H groups in total. The van der Waals surface area contributed by atoms with Crippen LogP contribution in [0.25, 0.3) is 5.57 Å². The lowest BCUT2D eigenvalue weighted by atomic mass is 9.44. The second kappa shape index (κ2) is 11.1. The fourth-order valence-corrected chi connectivity index (χ4v) is 9.05. The Balaban J connectivity index is 1.53. The van der Waals surface area contributed by atoms with E-state index in [1.54, 1.807) is 12.1 Å². The molecule has 0 bridgehead atoms. The van der Waals surface area contributed by atoms with Crippen molar-refractivity contribution in [3.05, 3.63) is 112 Å². The van der Waals surface area contributed by atoms with Crippen LogP contribution in [0, 0.1) is 23.7 Å². The van der Waals surface area contributed by atoms with Crippen LogP contribution in [-0.2, 0) is 24.6 Å². The van der Waals surface area contributed by atoms with Crippen molar-refractivity contribution in [1.29, 1.82) is 0 Å². The van der Waals surface area contributed by atoms with Crippen molar-refractivity contribution in [3.8, 4) is 11.5 Å². The molecule has 7 nitrogen and oxygen atoms in total. The first kappa shape index (κ1) is 31.1. The second-order valence-electron chi connectivity index (χ2n) is 14.0. The van der Waals surface area contributed by atoms with Crippen LogP contribution in [0.4, 0.5) is 0 Å². The Morgan fingerprint density at radius 3 is 2.21 bits per heavy atom. The third kappa shape index (κ3) is 4.46. The normalized spacial score (nSPS) is 28.7. The summed E-state index contributed by atoms with van der Waals surface area (Å²) in [5.41, 5.74) is 0.938. The summed E-state index contributed by atoms with van der Waals surface area (Å²) < 4.78 is 5.52. The number of phenolic OH excluding ortho intramolecular Hbond substituents is 1. The van der Waals surface area contributed by atoms with Gasteiger partial charge in [0.2, 0.25) is 11.8 Å². The highest BCUT2D eigenvalue weighted by molar-refractivity contribution is 6.33. The number of hydrogen-bond donors (Lipinski definition) is 1. The number of nitrogens with zero attached hydrogens (tertiary/aromatic N) is 1. The number of ether oxygens (including phenoxy) is 1. The Labute approximate surface area is 278 Å². The lowest BCUT2D eigenvalue weighted by molar-refractivity contribution is -0.145. The van der Waals surface area contributed by atoms with E-state index in [0.717, 1.165) is 5.57 Å². The monoisotopic (exact) mass is 649 g/mol. The molecule has 0 unspecified atom stereocenters. The zero-order chi connectivity index (χ0) is 33.4. The number of methoxy groups -OCH3 is 1. The average molecular weight is 650 g/mol. The maximum Gasteiger partial charge on any atom is 0.234 e. The number of allylic oxidation sites excluding steroid dienone is 4. The molecule has 1 heterocycles. The summed E-state index contributed by atoms with van der Waals surface area (Å²) in [6, 6.07) is 21.8. The van der Waals surface area contributed by atoms with Crippen LogP contribution in [0.3, 0.4) is 0 Å². The number of rotatable bonds is 4. The topological polar surface area (TPSA) is 101 Å². The average Bonchev–Trinajstić information content (AvgIpc) is 3.33. The summed E-state index contributed by atoms with van der Waals surface area (Å²) in [6.45, 7) is 5.55. The van der Waals surface area contributed by atoms with E-state index in [1.807, 2.05) is 87.5 Å². The molecule has 2 fully saturated rings. The molecule has 1 aliphatic heterocycles. The number of Topliss-reactive ketones (excluding diaryl/α,β-unsaturated/α-hetero) is 1. The Morgan fingerprint density at radius 1 is 0.915 bits per heavy atom. The molecule has 0 radical (unpaired) electrons. The molecular formula is C39H36ClNO6. The maximum atomic E-state index is 15.1. The molecule has 7 rings (SSSR count). The zero-order valence-corrected chi connectivity index (χ0v) is 27.5. The quantitative estimate of drug-likeness (QED) is 0.250. The van der Waals surface area contributed by atoms with Crippen LogP contribution in [-0.4, -0.2) is 46.0 Å². The first-order valence-electron chi connectivity index (χ1n) is 16.0. The van der Waals surface area contributed by atoms with E-state index in [9.17, 15) is 19.5 Å². The van der Waals surface area contributed by atoms with Gasteiger partial charge in [-0.2, -0.15) is 0 Å². The minimum absolute atomic E-state index is 0.0386. The van der Waals surface area contributed by atoms with E-state index in [1.165, 1.54) is 18.1 Å². The van der Waals surface area contributed by atoms with E-state index in [0.29, 0.717) is 28.7 Å². The lowest BCUT2D eigenvalue weighted by Crippen LogP contribution is -2.59. The number of fused-ring (bicyclic) bond motifs is 4. The van der Waals surface area contributed by atoms with Gasteiger partial charge in [0, 0.05) is 22.9 Å². The SMILES string of the molecule is COc1cc([C@H]2C3=CC[C@@H]4C(=O)N(C(C)(C)C)C(=O)[C@@H]4[C@@H]3C[C@H]3C(=O)C(c4ccccc4)=CC(=O)[C@@]23c2ccccc2)cc(Cl)c1O. The molecule has 8 heteroatoms. The van der Waals surface area contributed by atoms with E-state index >= 15 is 4.79 Å². The summed E-state index contributed by atoms with van der Waals surface area (Å²) in [7, 11) is 1.42. The van der Waals surface area contributed by atoms with Crippen molar-refractivity contribution in [1.82, 2.24) is 4.90 Å². The first-order valence-corrected chi connectivity index (χ1v) is 16.3. The smallest absolute Gasteiger partial charge is 0.234 e. The van der Waals surface area contributed by atoms with E-state index in [-0.39, 0.29) is 46.3 Å². The lowest BCUT2D eigenvalue weighted by Gasteiger charge is -2.55. The number of carbonyl (C=O) groups excluding carboxylic acids is 4. The van der Waals surface area contributed by atoms with Crippen LogP contribution < -0.4 is 4.74 Å². The number of likely N-dealkylation sites (tertiary alicyclic amines) is 1. The zero-order valence-electron chi connectivity index (χ0n) is 26.7. The molecule has 3 aromatic rings. The van der Waals surface area contributed by atoms with Crippen molar-refractivity contribution in [2.24, 2.45) is 23.7 Å². The van der Waals surface area contributed by atoms with Gasteiger partial charge < -0.3 is 9.84 Å². The van der Waals surface area contributed by atoms with Crippen molar-refractivity contribution in [3.63, 3.8) is 0 Å². The number of hydrogen-bond acceptors (Lipinski definition) is 6. The number of phenols is 1. The number of benzene rings is 3. The van der Waals surface area contributed by atoms with Gasteiger partial charge in [0.25, 0.3) is 0 Å². The van der Waals surface area contributed by atoms with Gasteiger partial charge in [0.05, 0.1) is 29.4 Å². The Kier molecular flexibility index (Phi) is 7.32. The highest BCUT2D eigenvalue weighted by Crippen LogP contribution is 2.64. The number of ketones is 2. The van der Waals surface area contributed by atoms with Gasteiger partial charge in [-0.25, -0.2) is 0 Å².